The predicted octanol–water partition coefficient (Wildman–Crippen LogP) is 2.69. The molecule has 1 atom stereocenters. The standard InChI is InChI=1S/C23H27N3O4S/c1-16-9-10-20(24-17(2)27)14-22(16)31(29,30)26-15-19-8-4-3-7-18(19)13-21(26)23(28)25-11-5-6-12-25/h3-4,7-10,14,21H,5-6,11-13,15H2,1-2H3,(H,24,27). The molecule has 1 N–H and O–H groups in total. The lowest BCUT2D eigenvalue weighted by molar-refractivity contribution is -0.134. The summed E-state index contributed by atoms with van der Waals surface area (Å²) in [5.41, 5.74) is 2.90. The fourth-order valence-electron chi connectivity index (χ4n) is 4.40. The third-order valence-corrected chi connectivity index (χ3v) is 8.00. The van der Waals surface area contributed by atoms with Gasteiger partial charge in [-0.25, -0.2) is 8.42 Å². The number of nitrogens with one attached hydrogen (secondary N) is 1. The number of amides is 2. The van der Waals surface area contributed by atoms with Gasteiger partial charge in [0.1, 0.15) is 6.04 Å². The van der Waals surface area contributed by atoms with E-state index in [4.69, 9.17) is 0 Å². The van der Waals surface area contributed by atoms with Gasteiger partial charge in [-0.3, -0.25) is 9.59 Å². The van der Waals surface area contributed by atoms with Gasteiger partial charge in [0.05, 0.1) is 4.90 Å². The third kappa shape index (κ3) is 4.22. The minimum Gasteiger partial charge on any atom is -0.341 e. The number of fused-ring (bicyclic) bond motifs is 1. The fourth-order valence-corrected chi connectivity index (χ4v) is 6.21. The highest BCUT2D eigenvalue weighted by Gasteiger charge is 2.42. The van der Waals surface area contributed by atoms with Crippen molar-refractivity contribution >= 4 is 27.5 Å². The summed E-state index contributed by atoms with van der Waals surface area (Å²) in [5, 5.41) is 2.64. The number of carbonyl (C=O) groups excluding carboxylic acids is 2. The van der Waals surface area contributed by atoms with E-state index in [0.717, 1.165) is 24.0 Å². The van der Waals surface area contributed by atoms with E-state index in [-0.39, 0.29) is 23.3 Å². The average Bonchev–Trinajstić information content (AvgIpc) is 3.28. The van der Waals surface area contributed by atoms with Crippen LogP contribution in [0.2, 0.25) is 0 Å². The molecule has 1 fully saturated rings. The van der Waals surface area contributed by atoms with E-state index >= 15 is 0 Å². The molecule has 4 rings (SSSR count). The van der Waals surface area contributed by atoms with E-state index in [0.29, 0.717) is 30.8 Å². The summed E-state index contributed by atoms with van der Waals surface area (Å²) in [5.74, 6) is -0.410. The SMILES string of the molecule is CC(=O)Nc1ccc(C)c(S(=O)(=O)N2Cc3ccccc3CC2C(=O)N2CCCC2)c1. The Morgan fingerprint density at radius 1 is 1.03 bits per heavy atom. The van der Waals surface area contributed by atoms with Crippen molar-refractivity contribution in [2.75, 3.05) is 18.4 Å². The van der Waals surface area contributed by atoms with Crippen LogP contribution in [0.4, 0.5) is 5.69 Å². The van der Waals surface area contributed by atoms with Gasteiger partial charge in [-0.15, -0.1) is 0 Å². The molecule has 2 aromatic carbocycles. The molecule has 1 unspecified atom stereocenters. The molecule has 7 nitrogen and oxygen atoms in total. The number of aryl methyl sites for hydroxylation is 1. The summed E-state index contributed by atoms with van der Waals surface area (Å²) in [4.78, 5) is 26.7. The molecule has 0 aliphatic carbocycles. The molecule has 8 heteroatoms. The first kappa shape index (κ1) is 21.5. The second kappa shape index (κ2) is 8.43. The Morgan fingerprint density at radius 3 is 2.39 bits per heavy atom. The average molecular weight is 442 g/mol. The highest BCUT2D eigenvalue weighted by atomic mass is 32.2. The lowest BCUT2D eigenvalue weighted by atomic mass is 9.95. The molecule has 164 valence electrons. The number of nitrogens with zero attached hydrogens (tertiary/aromatic N) is 2. The van der Waals surface area contributed by atoms with Crippen LogP contribution in [-0.2, 0) is 32.6 Å². The molecule has 1 saturated heterocycles. The summed E-state index contributed by atoms with van der Waals surface area (Å²) < 4.78 is 29.0. The number of rotatable bonds is 4. The van der Waals surface area contributed by atoms with Crippen LogP contribution in [-0.4, -0.2) is 48.6 Å². The number of sulfonamides is 1. The Hall–Kier alpha value is -2.71. The smallest absolute Gasteiger partial charge is 0.244 e. The zero-order chi connectivity index (χ0) is 22.2. The first-order valence-corrected chi connectivity index (χ1v) is 12.0. The number of likely N-dealkylation sites (tertiary alicyclic amines) is 1. The zero-order valence-corrected chi connectivity index (χ0v) is 18.6. The van der Waals surface area contributed by atoms with E-state index in [1.165, 1.54) is 17.3 Å². The van der Waals surface area contributed by atoms with Gasteiger partial charge in [-0.05, 0) is 55.0 Å². The number of benzene rings is 2. The molecule has 2 aromatic rings. The van der Waals surface area contributed by atoms with E-state index in [2.05, 4.69) is 5.32 Å². The monoisotopic (exact) mass is 441 g/mol. The highest BCUT2D eigenvalue weighted by molar-refractivity contribution is 7.89. The maximum atomic E-state index is 13.8. The second-order valence-corrected chi connectivity index (χ2v) is 10.1. The van der Waals surface area contributed by atoms with Crippen LogP contribution in [0.3, 0.4) is 0 Å². The largest absolute Gasteiger partial charge is 0.341 e. The van der Waals surface area contributed by atoms with Crippen molar-refractivity contribution in [1.29, 1.82) is 0 Å². The highest BCUT2D eigenvalue weighted by Crippen LogP contribution is 2.32. The molecule has 2 heterocycles. The predicted molar refractivity (Wildman–Crippen MR) is 118 cm³/mol. The second-order valence-electron chi connectivity index (χ2n) is 8.23. The Morgan fingerprint density at radius 2 is 1.71 bits per heavy atom. The van der Waals surface area contributed by atoms with Crippen LogP contribution in [0.25, 0.3) is 0 Å². The summed E-state index contributed by atoms with van der Waals surface area (Å²) in [6, 6.07) is 11.7. The fraction of sp³-hybridized carbons (Fsp3) is 0.391. The van der Waals surface area contributed by atoms with Crippen molar-refractivity contribution in [3.05, 3.63) is 59.2 Å². The van der Waals surface area contributed by atoms with Crippen LogP contribution >= 0.6 is 0 Å². The molecular formula is C23H27N3O4S. The Balaban J connectivity index is 1.77. The van der Waals surface area contributed by atoms with Gasteiger partial charge in [0.2, 0.25) is 21.8 Å². The lowest BCUT2D eigenvalue weighted by Gasteiger charge is -2.37. The molecule has 2 amide bonds. The minimum atomic E-state index is -3.98. The summed E-state index contributed by atoms with van der Waals surface area (Å²) in [6.45, 7) is 4.58. The van der Waals surface area contributed by atoms with Gasteiger partial charge in [-0.2, -0.15) is 4.31 Å². The molecular weight excluding hydrogens is 414 g/mol. The Kier molecular flexibility index (Phi) is 5.85. The molecule has 31 heavy (non-hydrogen) atoms. The van der Waals surface area contributed by atoms with E-state index in [9.17, 15) is 18.0 Å². The molecule has 2 aliphatic heterocycles. The van der Waals surface area contributed by atoms with Crippen molar-refractivity contribution in [2.45, 2.75) is 50.6 Å². The maximum Gasteiger partial charge on any atom is 0.244 e. The molecule has 0 bridgehead atoms. The van der Waals surface area contributed by atoms with Crippen molar-refractivity contribution in [2.24, 2.45) is 0 Å². The van der Waals surface area contributed by atoms with E-state index < -0.39 is 16.1 Å². The summed E-state index contributed by atoms with van der Waals surface area (Å²) in [6.07, 6.45) is 2.24. The van der Waals surface area contributed by atoms with Crippen molar-refractivity contribution in [3.8, 4) is 0 Å². The van der Waals surface area contributed by atoms with Crippen LogP contribution in [0.5, 0.6) is 0 Å². The van der Waals surface area contributed by atoms with Gasteiger partial charge in [0, 0.05) is 32.2 Å². The molecule has 0 aromatic heterocycles. The van der Waals surface area contributed by atoms with Gasteiger partial charge in [0.25, 0.3) is 0 Å². The van der Waals surface area contributed by atoms with Crippen LogP contribution < -0.4 is 5.32 Å². The van der Waals surface area contributed by atoms with Gasteiger partial charge >= 0.3 is 0 Å². The van der Waals surface area contributed by atoms with E-state index in [1.54, 1.807) is 24.0 Å². The van der Waals surface area contributed by atoms with Gasteiger partial charge in [-0.1, -0.05) is 30.3 Å². The quantitative estimate of drug-likeness (QED) is 0.790. The van der Waals surface area contributed by atoms with Crippen LogP contribution in [0.15, 0.2) is 47.4 Å². The lowest BCUT2D eigenvalue weighted by Crippen LogP contribution is -2.53. The normalized spacial score (nSPS) is 19.2. The number of hydrogen-bond donors (Lipinski definition) is 1. The zero-order valence-electron chi connectivity index (χ0n) is 17.8. The van der Waals surface area contributed by atoms with Crippen molar-refractivity contribution < 1.29 is 18.0 Å². The van der Waals surface area contributed by atoms with E-state index in [1.807, 2.05) is 24.3 Å². The molecule has 0 saturated carbocycles. The number of hydrogen-bond acceptors (Lipinski definition) is 4. The van der Waals surface area contributed by atoms with Crippen molar-refractivity contribution in [3.63, 3.8) is 0 Å². The number of carbonyl (C=O) groups is 2. The van der Waals surface area contributed by atoms with Gasteiger partial charge in [0.15, 0.2) is 0 Å². The summed E-state index contributed by atoms with van der Waals surface area (Å²) in [7, 11) is -3.98. The Labute approximate surface area is 183 Å². The molecule has 2 aliphatic rings. The summed E-state index contributed by atoms with van der Waals surface area (Å²) >= 11 is 0. The Bertz CT molecular complexity index is 1120. The molecule has 0 spiro atoms. The minimum absolute atomic E-state index is 0.109. The maximum absolute atomic E-state index is 13.8. The first-order chi connectivity index (χ1) is 14.8. The number of anilines is 1. The topological polar surface area (TPSA) is 86.8 Å². The third-order valence-electron chi connectivity index (χ3n) is 6.00. The first-order valence-electron chi connectivity index (χ1n) is 10.5. The van der Waals surface area contributed by atoms with Crippen molar-refractivity contribution in [1.82, 2.24) is 9.21 Å². The van der Waals surface area contributed by atoms with Crippen LogP contribution in [0.1, 0.15) is 36.5 Å². The van der Waals surface area contributed by atoms with Crippen LogP contribution in [0, 0.1) is 6.92 Å². The molecule has 0 radical (unpaired) electrons. The van der Waals surface area contributed by atoms with Gasteiger partial charge < -0.3 is 10.2 Å².